The molecule has 0 radical (unpaired) electrons. The highest BCUT2D eigenvalue weighted by Gasteiger charge is 2.19. The number of nitrogens with zero attached hydrogens (tertiary/aromatic N) is 3. The van der Waals surface area contributed by atoms with E-state index in [1.165, 1.54) is 51.4 Å². The van der Waals surface area contributed by atoms with Crippen LogP contribution < -0.4 is 0 Å². The van der Waals surface area contributed by atoms with Gasteiger partial charge in [0, 0.05) is 45.8 Å². The summed E-state index contributed by atoms with van der Waals surface area (Å²) in [5.41, 5.74) is 0.608. The molecule has 2 unspecified atom stereocenters. The highest BCUT2D eigenvalue weighted by Crippen LogP contribution is 2.12. The van der Waals surface area contributed by atoms with Crippen molar-refractivity contribution in [1.29, 1.82) is 0 Å². The molecule has 0 spiro atoms. The van der Waals surface area contributed by atoms with E-state index >= 15 is 0 Å². The van der Waals surface area contributed by atoms with E-state index in [0.29, 0.717) is 44.8 Å². The Balaban J connectivity index is 2.46. The zero-order valence-electron chi connectivity index (χ0n) is 31.1. The fourth-order valence-corrected chi connectivity index (χ4v) is 5.14. The summed E-state index contributed by atoms with van der Waals surface area (Å²) in [6, 6.07) is 0. The van der Waals surface area contributed by atoms with Crippen LogP contribution in [-0.4, -0.2) is 91.9 Å². The molecular formula is C37H67N3O9. The molecule has 0 bridgehead atoms. The molecule has 0 aliphatic rings. The predicted molar refractivity (Wildman–Crippen MR) is 188 cm³/mol. The number of methoxy groups -OCH3 is 1. The summed E-state index contributed by atoms with van der Waals surface area (Å²) in [5, 5.41) is 8.31. The van der Waals surface area contributed by atoms with Gasteiger partial charge in [0.2, 0.25) is 0 Å². The van der Waals surface area contributed by atoms with Crippen molar-refractivity contribution >= 4 is 17.9 Å². The van der Waals surface area contributed by atoms with Crippen molar-refractivity contribution in [3.8, 4) is 0 Å². The highest BCUT2D eigenvalue weighted by molar-refractivity contribution is 5.70. The van der Waals surface area contributed by atoms with Crippen molar-refractivity contribution in [2.75, 3.05) is 46.8 Å². The van der Waals surface area contributed by atoms with Crippen molar-refractivity contribution in [3.63, 3.8) is 0 Å². The monoisotopic (exact) mass is 697 g/mol. The number of aryl methyl sites for hydroxylation is 1. The first kappa shape index (κ1) is 44.5. The maximum Gasteiger partial charge on any atom is 0.306 e. The number of carbonyl (C=O) groups excluding carboxylic acids is 3. The van der Waals surface area contributed by atoms with E-state index in [1.807, 2.05) is 6.92 Å². The second-order valence-electron chi connectivity index (χ2n) is 12.8. The Hall–Kier alpha value is -2.57. The SMILES string of the molecule is CCCCCCCCCC(=O)OCC(Cn1cc(CCC(=O)OCCOC(C)COCCCOC)nn1)OC(=O)CCCCCCCCC. The Kier molecular flexibility index (Phi) is 28.5. The van der Waals surface area contributed by atoms with Crippen molar-refractivity contribution in [3.05, 3.63) is 11.9 Å². The van der Waals surface area contributed by atoms with Gasteiger partial charge in [-0.25, -0.2) is 4.68 Å². The van der Waals surface area contributed by atoms with Gasteiger partial charge in [-0.3, -0.25) is 14.4 Å². The summed E-state index contributed by atoms with van der Waals surface area (Å²) in [6.07, 6.45) is 18.5. The molecule has 0 saturated carbocycles. The molecule has 0 fully saturated rings. The molecule has 0 aliphatic carbocycles. The van der Waals surface area contributed by atoms with Crippen LogP contribution in [0.3, 0.4) is 0 Å². The van der Waals surface area contributed by atoms with Gasteiger partial charge in [-0.1, -0.05) is 96.1 Å². The molecule has 1 heterocycles. The maximum atomic E-state index is 12.7. The minimum atomic E-state index is -0.687. The van der Waals surface area contributed by atoms with Crippen molar-refractivity contribution in [1.82, 2.24) is 15.0 Å². The molecule has 0 amide bonds. The lowest BCUT2D eigenvalue weighted by atomic mass is 10.1. The van der Waals surface area contributed by atoms with Crippen molar-refractivity contribution in [2.24, 2.45) is 0 Å². The van der Waals surface area contributed by atoms with Crippen LogP contribution in [-0.2, 0) is 55.8 Å². The molecular weight excluding hydrogens is 630 g/mol. The smallest absolute Gasteiger partial charge is 0.306 e. The molecule has 1 aromatic heterocycles. The van der Waals surface area contributed by atoms with Crippen LogP contribution in [0.15, 0.2) is 6.20 Å². The summed E-state index contributed by atoms with van der Waals surface area (Å²) in [5.74, 6) is -0.949. The van der Waals surface area contributed by atoms with Crippen LogP contribution in [0.5, 0.6) is 0 Å². The van der Waals surface area contributed by atoms with E-state index in [2.05, 4.69) is 24.2 Å². The molecule has 2 atom stereocenters. The van der Waals surface area contributed by atoms with E-state index in [4.69, 9.17) is 28.4 Å². The van der Waals surface area contributed by atoms with E-state index in [-0.39, 0.29) is 56.8 Å². The number of hydrogen-bond donors (Lipinski definition) is 0. The lowest BCUT2D eigenvalue weighted by molar-refractivity contribution is -0.160. The number of esters is 3. The van der Waals surface area contributed by atoms with Crippen LogP contribution in [0.25, 0.3) is 0 Å². The zero-order valence-corrected chi connectivity index (χ0v) is 31.1. The number of ether oxygens (including phenoxy) is 6. The molecule has 0 aromatic carbocycles. The number of aromatic nitrogens is 3. The van der Waals surface area contributed by atoms with E-state index in [9.17, 15) is 14.4 Å². The molecule has 0 N–H and O–H groups in total. The average molecular weight is 698 g/mol. The Morgan fingerprint density at radius 3 is 1.96 bits per heavy atom. The average Bonchev–Trinajstić information content (AvgIpc) is 3.54. The summed E-state index contributed by atoms with van der Waals surface area (Å²) < 4.78 is 34.2. The van der Waals surface area contributed by atoms with Crippen LogP contribution >= 0.6 is 0 Å². The molecule has 12 heteroatoms. The number of carbonyl (C=O) groups is 3. The lowest BCUT2D eigenvalue weighted by Gasteiger charge is -2.18. The maximum absolute atomic E-state index is 12.7. The topological polar surface area (TPSA) is 137 Å². The zero-order chi connectivity index (χ0) is 35.8. The molecule has 49 heavy (non-hydrogen) atoms. The minimum absolute atomic E-state index is 0.0414. The fourth-order valence-electron chi connectivity index (χ4n) is 5.14. The molecule has 0 aliphatic heterocycles. The van der Waals surface area contributed by atoms with Gasteiger partial charge >= 0.3 is 17.9 Å². The molecule has 284 valence electrons. The van der Waals surface area contributed by atoms with Gasteiger partial charge in [-0.15, -0.1) is 5.10 Å². The second-order valence-corrected chi connectivity index (χ2v) is 12.8. The number of hydrogen-bond acceptors (Lipinski definition) is 11. The van der Waals surface area contributed by atoms with Crippen molar-refractivity contribution < 1.29 is 42.8 Å². The van der Waals surface area contributed by atoms with Gasteiger partial charge < -0.3 is 28.4 Å². The van der Waals surface area contributed by atoms with Crippen LogP contribution in [0.2, 0.25) is 0 Å². The summed E-state index contributed by atoms with van der Waals surface area (Å²) >= 11 is 0. The highest BCUT2D eigenvalue weighted by atomic mass is 16.6. The fraction of sp³-hybridized carbons (Fsp3) is 0.865. The Labute approximate surface area is 295 Å². The number of unbranched alkanes of at least 4 members (excludes halogenated alkanes) is 12. The minimum Gasteiger partial charge on any atom is -0.463 e. The largest absolute Gasteiger partial charge is 0.463 e. The summed E-state index contributed by atoms with van der Waals surface area (Å²) in [7, 11) is 1.66. The second kappa shape index (κ2) is 31.4. The Morgan fingerprint density at radius 1 is 0.694 bits per heavy atom. The third-order valence-electron chi connectivity index (χ3n) is 8.00. The van der Waals surface area contributed by atoms with Gasteiger partial charge in [-0.2, -0.15) is 0 Å². The normalized spacial score (nSPS) is 12.5. The van der Waals surface area contributed by atoms with Gasteiger partial charge in [0.15, 0.2) is 6.10 Å². The first-order valence-corrected chi connectivity index (χ1v) is 19.0. The van der Waals surface area contributed by atoms with Gasteiger partial charge in [0.1, 0.15) is 13.2 Å². The van der Waals surface area contributed by atoms with Gasteiger partial charge in [0.25, 0.3) is 0 Å². The third-order valence-corrected chi connectivity index (χ3v) is 8.00. The third kappa shape index (κ3) is 26.9. The van der Waals surface area contributed by atoms with E-state index < -0.39 is 6.10 Å². The van der Waals surface area contributed by atoms with Gasteiger partial charge in [0.05, 0.1) is 38.0 Å². The molecule has 1 aromatic rings. The van der Waals surface area contributed by atoms with E-state index in [0.717, 1.165) is 44.9 Å². The van der Waals surface area contributed by atoms with E-state index in [1.54, 1.807) is 18.0 Å². The summed E-state index contributed by atoms with van der Waals surface area (Å²) in [4.78, 5) is 37.3. The van der Waals surface area contributed by atoms with Crippen LogP contribution in [0, 0.1) is 0 Å². The van der Waals surface area contributed by atoms with Gasteiger partial charge in [-0.05, 0) is 26.2 Å². The molecule has 12 nitrogen and oxygen atoms in total. The Bertz CT molecular complexity index is 959. The van der Waals surface area contributed by atoms with Crippen LogP contribution in [0.1, 0.15) is 142 Å². The van der Waals surface area contributed by atoms with Crippen LogP contribution in [0.4, 0.5) is 0 Å². The van der Waals surface area contributed by atoms with Crippen molar-refractivity contribution in [2.45, 2.75) is 162 Å². The first-order valence-electron chi connectivity index (χ1n) is 19.0. The Morgan fingerprint density at radius 2 is 1.31 bits per heavy atom. The summed E-state index contributed by atoms with van der Waals surface area (Å²) in [6.45, 7) is 8.63. The quantitative estimate of drug-likeness (QED) is 0.0420. The lowest BCUT2D eigenvalue weighted by Crippen LogP contribution is -2.30. The number of rotatable bonds is 34. The molecule has 0 saturated heterocycles. The predicted octanol–water partition coefficient (Wildman–Crippen LogP) is 6.95. The standard InChI is InChI=1S/C37H67N3O9/c1-5-7-9-11-13-15-17-20-35(41)48-31-34(49-37(43)21-18-16-14-12-10-8-6-2)29-40-28-33(38-39-40)22-23-36(42)47-27-26-46-32(3)30-45-25-19-24-44-4/h28,32,34H,5-27,29-31H2,1-4H3. The molecule has 1 rings (SSSR count). The first-order chi connectivity index (χ1) is 23.9.